The van der Waals surface area contributed by atoms with E-state index in [4.69, 9.17) is 0 Å². The fourth-order valence-corrected chi connectivity index (χ4v) is 13.2. The highest BCUT2D eigenvalue weighted by Gasteiger charge is 2.31. The van der Waals surface area contributed by atoms with Gasteiger partial charge in [0.2, 0.25) is 0 Å². The van der Waals surface area contributed by atoms with Crippen molar-refractivity contribution in [2.75, 3.05) is 0 Å². The molecular weight excluding hydrogens is 336 g/mol. The molecule has 0 saturated heterocycles. The van der Waals surface area contributed by atoms with E-state index in [0.717, 1.165) is 16.6 Å². The quantitative estimate of drug-likeness (QED) is 0.349. The summed E-state index contributed by atoms with van der Waals surface area (Å²) < 4.78 is 0. The highest BCUT2D eigenvalue weighted by Crippen LogP contribution is 2.46. The summed E-state index contributed by atoms with van der Waals surface area (Å²) in [4.78, 5) is 0. The maximum absolute atomic E-state index is 4.01. The Morgan fingerprint density at radius 3 is 0.875 bits per heavy atom. The fourth-order valence-electron chi connectivity index (χ4n) is 4.30. The number of allylic oxidation sites excluding steroid dienone is 6. The van der Waals surface area contributed by atoms with Gasteiger partial charge in [0, 0.05) is 28.6 Å². The minimum Gasteiger partial charge on any atom is -0.103 e. The Morgan fingerprint density at radius 1 is 0.500 bits per heavy atom. The van der Waals surface area contributed by atoms with Gasteiger partial charge in [-0.05, 0) is 16.6 Å². The van der Waals surface area contributed by atoms with Crippen LogP contribution in [0.2, 0.25) is 33.2 Å². The van der Waals surface area contributed by atoms with Gasteiger partial charge in [-0.1, -0.05) is 72.3 Å². The molecule has 0 aromatic rings. The Bertz CT molecular complexity index is 357. The Morgan fingerprint density at radius 2 is 0.708 bits per heavy atom. The van der Waals surface area contributed by atoms with Gasteiger partial charge >= 0.3 is 0 Å². The van der Waals surface area contributed by atoms with Crippen LogP contribution in [-0.4, -0.2) is 28.6 Å². The summed E-state index contributed by atoms with van der Waals surface area (Å²) in [5.74, 6) is 0. The van der Waals surface area contributed by atoms with E-state index >= 15 is 0 Å². The molecule has 1 fully saturated rings. The molecular formula is C21H36Si3. The van der Waals surface area contributed by atoms with Gasteiger partial charge in [0.25, 0.3) is 0 Å². The second kappa shape index (κ2) is 11.6. The zero-order chi connectivity index (χ0) is 17.9. The minimum absolute atomic E-state index is 0.172. The Kier molecular flexibility index (Phi) is 10.2. The number of hydrogen-bond donors (Lipinski definition) is 0. The summed E-state index contributed by atoms with van der Waals surface area (Å²) in [7, 11) is -0.516. The maximum atomic E-state index is 4.01. The molecule has 24 heavy (non-hydrogen) atoms. The van der Waals surface area contributed by atoms with E-state index < -0.39 is 0 Å². The molecule has 0 bridgehead atoms. The van der Waals surface area contributed by atoms with Crippen LogP contribution in [0.25, 0.3) is 0 Å². The molecule has 0 spiro atoms. The predicted octanol–water partition coefficient (Wildman–Crippen LogP) is 4.52. The van der Waals surface area contributed by atoms with Crippen LogP contribution in [0.4, 0.5) is 0 Å². The topological polar surface area (TPSA) is 0 Å². The summed E-state index contributed by atoms with van der Waals surface area (Å²) >= 11 is 0. The van der Waals surface area contributed by atoms with Crippen molar-refractivity contribution in [2.45, 2.75) is 52.5 Å². The molecule has 0 amide bonds. The van der Waals surface area contributed by atoms with Crippen molar-refractivity contribution in [1.82, 2.24) is 0 Å². The molecule has 0 aliphatic heterocycles. The summed E-state index contributed by atoms with van der Waals surface area (Å²) in [6.45, 7) is 24.1. The van der Waals surface area contributed by atoms with Gasteiger partial charge < -0.3 is 0 Å². The second-order valence-electron chi connectivity index (χ2n) is 7.42. The largest absolute Gasteiger partial charge is 0.103 e. The van der Waals surface area contributed by atoms with Gasteiger partial charge in [0.1, 0.15) is 0 Å². The standard InChI is InChI=1S/C21H36Si3/c1-7-16(8-2)22-19-13-20(23-17(9-3)10-4)15-21(14-19)24-18(11-5)12-6/h7-12,16-21H,1-6,13-15,22-24H2. The van der Waals surface area contributed by atoms with E-state index in [9.17, 15) is 0 Å². The second-order valence-corrected chi connectivity index (χ2v) is 15.1. The Labute approximate surface area is 157 Å². The average molecular weight is 373 g/mol. The van der Waals surface area contributed by atoms with Gasteiger partial charge in [-0.2, -0.15) is 0 Å². The van der Waals surface area contributed by atoms with E-state index in [-0.39, 0.29) is 28.6 Å². The van der Waals surface area contributed by atoms with Crippen molar-refractivity contribution in [1.29, 1.82) is 0 Å². The molecule has 0 N–H and O–H groups in total. The van der Waals surface area contributed by atoms with Crippen LogP contribution in [0.3, 0.4) is 0 Å². The minimum atomic E-state index is -0.172. The molecule has 0 aromatic carbocycles. The molecule has 0 heterocycles. The summed E-state index contributed by atoms with van der Waals surface area (Å²) in [5.41, 5.74) is 4.67. The lowest BCUT2D eigenvalue weighted by Gasteiger charge is -2.37. The number of rotatable bonds is 12. The lowest BCUT2D eigenvalue weighted by atomic mass is 9.98. The normalized spacial score (nSPS) is 25.4. The Balaban J connectivity index is 2.79. The first kappa shape index (κ1) is 21.1. The van der Waals surface area contributed by atoms with E-state index in [1.165, 1.54) is 19.3 Å². The molecule has 0 atom stereocenters. The zero-order valence-electron chi connectivity index (χ0n) is 15.4. The lowest BCUT2D eigenvalue weighted by molar-refractivity contribution is 0.490. The molecule has 1 aliphatic carbocycles. The van der Waals surface area contributed by atoms with Crippen molar-refractivity contribution >= 4 is 28.6 Å². The fraction of sp³-hybridized carbons (Fsp3) is 0.429. The van der Waals surface area contributed by atoms with E-state index in [0.29, 0.717) is 16.6 Å². The summed E-state index contributed by atoms with van der Waals surface area (Å²) in [6, 6.07) is 0. The van der Waals surface area contributed by atoms with Crippen LogP contribution in [-0.2, 0) is 0 Å². The molecule has 1 aliphatic rings. The van der Waals surface area contributed by atoms with Crippen LogP contribution in [0.1, 0.15) is 19.3 Å². The molecule has 0 unspecified atom stereocenters. The molecule has 1 rings (SSSR count). The van der Waals surface area contributed by atoms with Crippen molar-refractivity contribution < 1.29 is 0 Å². The first-order valence-corrected chi connectivity index (χ1v) is 14.2. The SMILES string of the molecule is C=CC(C=C)[SiH2]C1CC([SiH2]C(C=C)C=C)CC([SiH2]C(C=C)C=C)C1. The third kappa shape index (κ3) is 6.91. The van der Waals surface area contributed by atoms with Crippen molar-refractivity contribution in [3.8, 4) is 0 Å². The van der Waals surface area contributed by atoms with E-state index in [1.807, 2.05) is 0 Å². The predicted molar refractivity (Wildman–Crippen MR) is 123 cm³/mol. The smallest absolute Gasteiger partial charge is 0.0357 e. The van der Waals surface area contributed by atoms with Gasteiger partial charge in [0.15, 0.2) is 0 Å². The van der Waals surface area contributed by atoms with Crippen molar-refractivity contribution in [3.05, 3.63) is 75.9 Å². The lowest BCUT2D eigenvalue weighted by Crippen LogP contribution is -2.26. The van der Waals surface area contributed by atoms with E-state index in [2.05, 4.69) is 75.9 Å². The molecule has 132 valence electrons. The maximum Gasteiger partial charge on any atom is 0.0357 e. The average Bonchev–Trinajstić information content (AvgIpc) is 2.61. The summed E-state index contributed by atoms with van der Waals surface area (Å²) in [5, 5.41) is 0. The van der Waals surface area contributed by atoms with Crippen LogP contribution in [0.15, 0.2) is 75.9 Å². The van der Waals surface area contributed by atoms with Gasteiger partial charge in [-0.25, -0.2) is 0 Å². The number of hydrogen-bond acceptors (Lipinski definition) is 0. The van der Waals surface area contributed by atoms with Gasteiger partial charge in [-0.3, -0.25) is 0 Å². The molecule has 0 aromatic heterocycles. The van der Waals surface area contributed by atoms with Crippen LogP contribution in [0, 0.1) is 0 Å². The van der Waals surface area contributed by atoms with Crippen LogP contribution in [0.5, 0.6) is 0 Å². The molecule has 0 nitrogen and oxygen atoms in total. The Hall–Kier alpha value is -0.909. The summed E-state index contributed by atoms with van der Waals surface area (Å²) in [6.07, 6.45) is 17.1. The first-order valence-electron chi connectivity index (χ1n) is 9.35. The van der Waals surface area contributed by atoms with Crippen LogP contribution >= 0.6 is 0 Å². The van der Waals surface area contributed by atoms with Gasteiger partial charge in [-0.15, -0.1) is 39.5 Å². The molecule has 3 heteroatoms. The van der Waals surface area contributed by atoms with Crippen molar-refractivity contribution in [2.24, 2.45) is 0 Å². The first-order chi connectivity index (χ1) is 11.6. The highest BCUT2D eigenvalue weighted by molar-refractivity contribution is 6.46. The van der Waals surface area contributed by atoms with E-state index in [1.54, 1.807) is 0 Å². The van der Waals surface area contributed by atoms with Gasteiger partial charge in [0.05, 0.1) is 0 Å². The molecule has 1 saturated carbocycles. The van der Waals surface area contributed by atoms with Crippen molar-refractivity contribution in [3.63, 3.8) is 0 Å². The monoisotopic (exact) mass is 372 g/mol. The zero-order valence-corrected chi connectivity index (χ0v) is 19.7. The third-order valence-corrected chi connectivity index (χ3v) is 13.3. The van der Waals surface area contributed by atoms with Crippen LogP contribution < -0.4 is 0 Å². The third-order valence-electron chi connectivity index (χ3n) is 5.63. The molecule has 0 radical (unpaired) electrons. The highest BCUT2D eigenvalue weighted by atomic mass is 28.2.